The lowest BCUT2D eigenvalue weighted by atomic mass is 9.91. The van der Waals surface area contributed by atoms with Crippen molar-refractivity contribution in [3.63, 3.8) is 0 Å². The molecule has 1 fully saturated rings. The molecule has 0 bridgehead atoms. The number of amides is 1. The molecule has 1 N–H and O–H groups in total. The van der Waals surface area contributed by atoms with E-state index in [0.29, 0.717) is 36.4 Å². The lowest BCUT2D eigenvalue weighted by Crippen LogP contribution is -2.36. The van der Waals surface area contributed by atoms with Crippen LogP contribution in [-0.2, 0) is 4.74 Å². The fraction of sp³-hybridized carbons (Fsp3) is 0.562. The molecule has 1 saturated heterocycles. The third-order valence-electron chi connectivity index (χ3n) is 4.03. The van der Waals surface area contributed by atoms with Crippen LogP contribution in [0.4, 0.5) is 0 Å². The molecule has 3 rings (SSSR count). The zero-order valence-corrected chi connectivity index (χ0v) is 14.1. The second-order valence-corrected chi connectivity index (χ2v) is 6.02. The first kappa shape index (κ1) is 16.5. The molecule has 2 aromatic rings. The summed E-state index contributed by atoms with van der Waals surface area (Å²) in [5.74, 6) is 1.46. The Morgan fingerprint density at radius 1 is 1.17 bits per heavy atom. The van der Waals surface area contributed by atoms with Crippen LogP contribution in [-0.4, -0.2) is 39.2 Å². The van der Waals surface area contributed by atoms with Gasteiger partial charge in [-0.15, -0.1) is 0 Å². The van der Waals surface area contributed by atoms with Crippen LogP contribution >= 0.6 is 0 Å². The van der Waals surface area contributed by atoms with Gasteiger partial charge in [-0.2, -0.15) is 4.98 Å². The highest BCUT2D eigenvalue weighted by Gasteiger charge is 2.31. The topological polar surface area (TPSA) is 103 Å². The molecular formula is C16H21N5O3. The second-order valence-electron chi connectivity index (χ2n) is 6.02. The van der Waals surface area contributed by atoms with Crippen molar-refractivity contribution in [1.82, 2.24) is 25.4 Å². The molecule has 1 aliphatic rings. The van der Waals surface area contributed by atoms with Gasteiger partial charge in [-0.05, 0) is 45.6 Å². The van der Waals surface area contributed by atoms with Crippen LogP contribution in [0.1, 0.15) is 52.6 Å². The number of nitrogens with zero attached hydrogens (tertiary/aromatic N) is 4. The number of nitrogens with one attached hydrogen (secondary N) is 1. The smallest absolute Gasteiger partial charge is 0.270 e. The van der Waals surface area contributed by atoms with Crippen molar-refractivity contribution in [2.45, 2.75) is 39.7 Å². The van der Waals surface area contributed by atoms with Gasteiger partial charge in [0, 0.05) is 18.9 Å². The van der Waals surface area contributed by atoms with E-state index in [0.717, 1.165) is 18.5 Å². The van der Waals surface area contributed by atoms with E-state index in [9.17, 15) is 4.79 Å². The first-order valence-electron chi connectivity index (χ1n) is 8.04. The van der Waals surface area contributed by atoms with Gasteiger partial charge >= 0.3 is 0 Å². The number of carbonyl (C=O) groups is 1. The van der Waals surface area contributed by atoms with Crippen molar-refractivity contribution >= 4 is 5.91 Å². The Bertz CT molecular complexity index is 704. The molecule has 0 spiro atoms. The summed E-state index contributed by atoms with van der Waals surface area (Å²) in [5.41, 5.74) is 1.09. The van der Waals surface area contributed by atoms with Gasteiger partial charge in [-0.1, -0.05) is 5.16 Å². The summed E-state index contributed by atoms with van der Waals surface area (Å²) < 4.78 is 10.7. The lowest BCUT2D eigenvalue weighted by molar-refractivity contribution is 0.0467. The van der Waals surface area contributed by atoms with Crippen molar-refractivity contribution in [2.75, 3.05) is 13.2 Å². The normalized spacial score (nSPS) is 16.8. The maximum Gasteiger partial charge on any atom is 0.270 e. The highest BCUT2D eigenvalue weighted by molar-refractivity contribution is 5.92. The van der Waals surface area contributed by atoms with Crippen molar-refractivity contribution in [3.05, 3.63) is 35.0 Å². The highest BCUT2D eigenvalue weighted by atomic mass is 16.5. The van der Waals surface area contributed by atoms with Crippen molar-refractivity contribution in [1.29, 1.82) is 0 Å². The van der Waals surface area contributed by atoms with Gasteiger partial charge in [-0.25, -0.2) is 9.97 Å². The molecule has 1 amide bonds. The molecule has 128 valence electrons. The maximum atomic E-state index is 12.7. The molecule has 0 aromatic carbocycles. The fourth-order valence-electron chi connectivity index (χ4n) is 2.92. The molecule has 8 heteroatoms. The summed E-state index contributed by atoms with van der Waals surface area (Å²) in [7, 11) is 0. The maximum absolute atomic E-state index is 12.7. The first-order chi connectivity index (χ1) is 11.5. The molecule has 3 heterocycles. The van der Waals surface area contributed by atoms with Gasteiger partial charge in [0.2, 0.25) is 5.89 Å². The standard InChI is InChI=1S/C16H21N5O3/c1-9-8-13(18-10(2)17-9)15(22)20-14(12-4-6-23-7-5-12)16-19-11(3)21-24-16/h8,12,14H,4-7H2,1-3H3,(H,20,22)/t14-/m0/s1. The lowest BCUT2D eigenvalue weighted by Gasteiger charge is -2.28. The minimum Gasteiger partial charge on any atom is -0.381 e. The largest absolute Gasteiger partial charge is 0.381 e. The Morgan fingerprint density at radius 2 is 1.92 bits per heavy atom. The van der Waals surface area contributed by atoms with Gasteiger partial charge in [0.05, 0.1) is 0 Å². The summed E-state index contributed by atoms with van der Waals surface area (Å²) in [6, 6.07) is 1.32. The minimum absolute atomic E-state index is 0.187. The van der Waals surface area contributed by atoms with Gasteiger partial charge in [0.1, 0.15) is 17.6 Å². The van der Waals surface area contributed by atoms with E-state index in [1.165, 1.54) is 0 Å². The molecule has 1 aliphatic heterocycles. The van der Waals surface area contributed by atoms with Crippen LogP contribution in [0.15, 0.2) is 10.6 Å². The van der Waals surface area contributed by atoms with E-state index < -0.39 is 0 Å². The summed E-state index contributed by atoms with van der Waals surface area (Å²) >= 11 is 0. The van der Waals surface area contributed by atoms with Crippen LogP contribution in [0.5, 0.6) is 0 Å². The zero-order valence-electron chi connectivity index (χ0n) is 14.1. The number of aryl methyl sites for hydroxylation is 3. The molecule has 1 atom stereocenters. The van der Waals surface area contributed by atoms with Gasteiger partial charge in [0.15, 0.2) is 5.82 Å². The summed E-state index contributed by atoms with van der Waals surface area (Å²) in [5, 5.41) is 6.85. The average Bonchev–Trinajstić information content (AvgIpc) is 2.98. The van der Waals surface area contributed by atoms with Gasteiger partial charge < -0.3 is 14.6 Å². The van der Waals surface area contributed by atoms with Crippen LogP contribution < -0.4 is 5.32 Å². The van der Waals surface area contributed by atoms with Crippen LogP contribution in [0.2, 0.25) is 0 Å². The number of hydrogen-bond donors (Lipinski definition) is 1. The summed E-state index contributed by atoms with van der Waals surface area (Å²) in [6.07, 6.45) is 1.66. The Kier molecular flexibility index (Phi) is 4.84. The van der Waals surface area contributed by atoms with Crippen molar-refractivity contribution in [2.24, 2.45) is 5.92 Å². The van der Waals surface area contributed by atoms with E-state index in [1.54, 1.807) is 19.9 Å². The van der Waals surface area contributed by atoms with Gasteiger partial charge in [-0.3, -0.25) is 4.79 Å². The third kappa shape index (κ3) is 3.76. The Hall–Kier alpha value is -2.35. The second kappa shape index (κ2) is 7.04. The van der Waals surface area contributed by atoms with E-state index in [4.69, 9.17) is 9.26 Å². The third-order valence-corrected chi connectivity index (χ3v) is 4.03. The quantitative estimate of drug-likeness (QED) is 0.909. The van der Waals surface area contributed by atoms with Gasteiger partial charge in [0.25, 0.3) is 5.91 Å². The molecule has 2 aromatic heterocycles. The minimum atomic E-state index is -0.349. The molecule has 0 radical (unpaired) electrons. The van der Waals surface area contributed by atoms with E-state index in [1.807, 2.05) is 6.92 Å². The van der Waals surface area contributed by atoms with Crippen LogP contribution in [0.3, 0.4) is 0 Å². The zero-order chi connectivity index (χ0) is 17.1. The Morgan fingerprint density at radius 3 is 2.54 bits per heavy atom. The SMILES string of the molecule is Cc1cc(C(=O)N[C@H](c2nc(C)no2)C2CCOCC2)nc(C)n1. The Labute approximate surface area is 140 Å². The van der Waals surface area contributed by atoms with Crippen molar-refractivity contribution < 1.29 is 14.1 Å². The fourth-order valence-corrected chi connectivity index (χ4v) is 2.92. The predicted octanol–water partition coefficient (Wildman–Crippen LogP) is 1.68. The number of hydrogen-bond acceptors (Lipinski definition) is 7. The summed E-state index contributed by atoms with van der Waals surface area (Å²) in [4.78, 5) is 25.4. The van der Waals surface area contributed by atoms with E-state index in [-0.39, 0.29) is 17.9 Å². The predicted molar refractivity (Wildman–Crippen MR) is 84.3 cm³/mol. The molecular weight excluding hydrogens is 310 g/mol. The number of rotatable bonds is 4. The van der Waals surface area contributed by atoms with E-state index >= 15 is 0 Å². The van der Waals surface area contributed by atoms with E-state index in [2.05, 4.69) is 25.4 Å². The Balaban J connectivity index is 1.84. The highest BCUT2D eigenvalue weighted by Crippen LogP contribution is 2.29. The first-order valence-corrected chi connectivity index (χ1v) is 8.04. The molecule has 0 saturated carbocycles. The number of ether oxygens (including phenoxy) is 1. The molecule has 0 aliphatic carbocycles. The van der Waals surface area contributed by atoms with Crippen LogP contribution in [0.25, 0.3) is 0 Å². The molecule has 24 heavy (non-hydrogen) atoms. The van der Waals surface area contributed by atoms with Crippen LogP contribution in [0, 0.1) is 26.7 Å². The van der Waals surface area contributed by atoms with Crippen molar-refractivity contribution in [3.8, 4) is 0 Å². The number of carbonyl (C=O) groups excluding carboxylic acids is 1. The molecule has 8 nitrogen and oxygen atoms in total. The molecule has 0 unspecified atom stereocenters. The summed E-state index contributed by atoms with van der Waals surface area (Å²) in [6.45, 7) is 6.68. The monoisotopic (exact) mass is 331 g/mol. The average molecular weight is 331 g/mol. The number of aromatic nitrogens is 4.